The monoisotopic (exact) mass is 289 g/mol. The second-order valence-corrected chi connectivity index (χ2v) is 5.76. The molecule has 0 amide bonds. The summed E-state index contributed by atoms with van der Waals surface area (Å²) in [4.78, 5) is -0.0960. The van der Waals surface area contributed by atoms with Crippen LogP contribution in [0.5, 0.6) is 0 Å². The van der Waals surface area contributed by atoms with Crippen molar-refractivity contribution >= 4 is 21.8 Å². The maximum absolute atomic E-state index is 11.6. The van der Waals surface area contributed by atoms with Crippen molar-refractivity contribution in [3.05, 3.63) is 5.69 Å². The first-order chi connectivity index (χ1) is 8.34. The molecule has 0 aliphatic carbocycles. The molecule has 0 radical (unpaired) electrons. The topological polar surface area (TPSA) is 117 Å². The molecular formula is C8H11N5O3S2. The minimum Gasteiger partial charge on any atom is -0.409 e. The van der Waals surface area contributed by atoms with Crippen LogP contribution in [0.2, 0.25) is 0 Å². The maximum atomic E-state index is 11.6. The molecule has 98 valence electrons. The summed E-state index contributed by atoms with van der Waals surface area (Å²) in [5.41, 5.74) is 0.488. The Balaban J connectivity index is 2.68. The largest absolute Gasteiger partial charge is 0.409 e. The first-order valence-electron chi connectivity index (χ1n) is 4.79. The van der Waals surface area contributed by atoms with Crippen molar-refractivity contribution < 1.29 is 12.8 Å². The molecule has 2 aromatic heterocycles. The van der Waals surface area contributed by atoms with Crippen LogP contribution in [0.1, 0.15) is 5.69 Å². The molecule has 2 aromatic rings. The highest BCUT2D eigenvalue weighted by atomic mass is 32.2. The van der Waals surface area contributed by atoms with E-state index in [-0.39, 0.29) is 16.5 Å². The van der Waals surface area contributed by atoms with E-state index >= 15 is 0 Å². The lowest BCUT2D eigenvalue weighted by molar-refractivity contribution is 0.463. The lowest BCUT2D eigenvalue weighted by Gasteiger charge is -1.97. The third-order valence-corrected chi connectivity index (χ3v) is 3.92. The zero-order chi connectivity index (χ0) is 13.5. The molecule has 8 nitrogen and oxygen atoms in total. The number of sulfonamides is 1. The van der Waals surface area contributed by atoms with Gasteiger partial charge in [-0.25, -0.2) is 13.6 Å². The summed E-state index contributed by atoms with van der Waals surface area (Å²) in [6, 6.07) is 0. The average Bonchev–Trinajstić information content (AvgIpc) is 2.83. The Kier molecular flexibility index (Phi) is 3.17. The summed E-state index contributed by atoms with van der Waals surface area (Å²) < 4.78 is 29.8. The number of primary sulfonamides is 1. The number of nitrogens with two attached hydrogens (primary N) is 1. The summed E-state index contributed by atoms with van der Waals surface area (Å²) in [7, 11) is -2.30. The quantitative estimate of drug-likeness (QED) is 0.799. The van der Waals surface area contributed by atoms with Crippen molar-refractivity contribution in [1.29, 1.82) is 0 Å². The fourth-order valence-corrected chi connectivity index (χ4v) is 2.68. The van der Waals surface area contributed by atoms with Gasteiger partial charge in [0.05, 0.1) is 5.69 Å². The van der Waals surface area contributed by atoms with E-state index in [1.807, 2.05) is 0 Å². The normalized spacial score (nSPS) is 12.0. The molecule has 0 fully saturated rings. The molecule has 0 saturated heterocycles. The first kappa shape index (κ1) is 13.1. The number of aryl methyl sites for hydroxylation is 1. The van der Waals surface area contributed by atoms with Crippen molar-refractivity contribution in [3.63, 3.8) is 0 Å². The zero-order valence-corrected chi connectivity index (χ0v) is 11.5. The molecule has 0 spiro atoms. The van der Waals surface area contributed by atoms with Gasteiger partial charge in [0.2, 0.25) is 10.0 Å². The van der Waals surface area contributed by atoms with Crippen LogP contribution in [0.25, 0.3) is 11.6 Å². The van der Waals surface area contributed by atoms with Crippen LogP contribution in [-0.4, -0.2) is 34.7 Å². The Hall–Kier alpha value is -1.39. The fraction of sp³-hybridized carbons (Fsp3) is 0.375. The Morgan fingerprint density at radius 3 is 2.56 bits per heavy atom. The van der Waals surface area contributed by atoms with Gasteiger partial charge in [-0.2, -0.15) is 5.10 Å². The summed E-state index contributed by atoms with van der Waals surface area (Å²) in [6.07, 6.45) is 1.77. The number of hydrogen-bond donors (Lipinski definition) is 1. The molecule has 2 N–H and O–H groups in total. The molecular weight excluding hydrogens is 278 g/mol. The van der Waals surface area contributed by atoms with Crippen LogP contribution in [-0.2, 0) is 17.1 Å². The molecule has 2 rings (SSSR count). The predicted molar refractivity (Wildman–Crippen MR) is 64.4 cm³/mol. The van der Waals surface area contributed by atoms with Crippen LogP contribution < -0.4 is 5.14 Å². The molecule has 0 aliphatic rings. The smallest absolute Gasteiger partial charge is 0.276 e. The number of nitrogens with zero attached hydrogens (tertiary/aromatic N) is 4. The van der Waals surface area contributed by atoms with Crippen LogP contribution in [0.15, 0.2) is 14.5 Å². The minimum absolute atomic E-state index is 0.0343. The Morgan fingerprint density at radius 1 is 1.39 bits per heavy atom. The van der Waals surface area contributed by atoms with E-state index in [1.165, 1.54) is 16.4 Å². The highest BCUT2D eigenvalue weighted by Crippen LogP contribution is 2.28. The number of thioether (sulfide) groups is 1. The third kappa shape index (κ3) is 2.13. The molecule has 18 heavy (non-hydrogen) atoms. The van der Waals surface area contributed by atoms with E-state index in [0.717, 1.165) is 0 Å². The fourth-order valence-electron chi connectivity index (χ4n) is 1.46. The molecule has 0 unspecified atom stereocenters. The highest BCUT2D eigenvalue weighted by molar-refractivity contribution is 7.98. The zero-order valence-electron chi connectivity index (χ0n) is 9.91. The molecule has 0 aromatic carbocycles. The van der Waals surface area contributed by atoms with Gasteiger partial charge in [0.15, 0.2) is 5.69 Å². The highest BCUT2D eigenvalue weighted by Gasteiger charge is 2.27. The lowest BCUT2D eigenvalue weighted by atomic mass is 10.3. The van der Waals surface area contributed by atoms with Gasteiger partial charge in [-0.3, -0.25) is 4.68 Å². The number of aromatic nitrogens is 4. The summed E-state index contributed by atoms with van der Waals surface area (Å²) in [6.45, 7) is 1.60. The van der Waals surface area contributed by atoms with E-state index in [9.17, 15) is 8.42 Å². The van der Waals surface area contributed by atoms with E-state index in [2.05, 4.69) is 15.3 Å². The second kappa shape index (κ2) is 4.37. The Labute approximate surface area is 108 Å². The second-order valence-electron chi connectivity index (χ2n) is 3.51. The van der Waals surface area contributed by atoms with Gasteiger partial charge in [0, 0.05) is 7.05 Å². The van der Waals surface area contributed by atoms with Gasteiger partial charge in [0.1, 0.15) is 4.90 Å². The van der Waals surface area contributed by atoms with Gasteiger partial charge < -0.3 is 4.42 Å². The summed E-state index contributed by atoms with van der Waals surface area (Å²) in [5, 5.41) is 17.0. The SMILES string of the molecule is CSc1nnc(-c2nn(C)c(C)c2S(N)(=O)=O)o1. The van der Waals surface area contributed by atoms with Gasteiger partial charge >= 0.3 is 0 Å². The van der Waals surface area contributed by atoms with Crippen LogP contribution in [0, 0.1) is 6.92 Å². The Morgan fingerprint density at radius 2 is 2.06 bits per heavy atom. The van der Waals surface area contributed by atoms with Crippen molar-refractivity contribution in [1.82, 2.24) is 20.0 Å². The molecule has 10 heteroatoms. The van der Waals surface area contributed by atoms with Crippen LogP contribution in [0.3, 0.4) is 0 Å². The molecule has 0 aliphatic heterocycles. The summed E-state index contributed by atoms with van der Waals surface area (Å²) in [5.74, 6) is 0.0343. The molecule has 0 atom stereocenters. The lowest BCUT2D eigenvalue weighted by Crippen LogP contribution is -2.14. The standard InChI is InChI=1S/C8H11N5O3S2/c1-4-6(18(9,14)15)5(12-13(4)2)7-10-11-8(16-7)17-3/h1-3H3,(H2,9,14,15). The summed E-state index contributed by atoms with van der Waals surface area (Å²) >= 11 is 1.25. The van der Waals surface area contributed by atoms with Gasteiger partial charge in [0.25, 0.3) is 11.1 Å². The molecule has 0 bridgehead atoms. The Bertz CT molecular complexity index is 688. The number of rotatable bonds is 3. The first-order valence-corrected chi connectivity index (χ1v) is 7.56. The predicted octanol–water partition coefficient (Wildman–Crippen LogP) is 0.148. The van der Waals surface area contributed by atoms with E-state index in [4.69, 9.17) is 9.56 Å². The molecule has 0 saturated carbocycles. The average molecular weight is 289 g/mol. The minimum atomic E-state index is -3.91. The third-order valence-electron chi connectivity index (χ3n) is 2.35. The van der Waals surface area contributed by atoms with Gasteiger partial charge in [-0.1, -0.05) is 11.8 Å². The van der Waals surface area contributed by atoms with Gasteiger partial charge in [-0.15, -0.1) is 10.2 Å². The van der Waals surface area contributed by atoms with Crippen LogP contribution in [0.4, 0.5) is 0 Å². The van der Waals surface area contributed by atoms with Crippen molar-refractivity contribution in [3.8, 4) is 11.6 Å². The van der Waals surface area contributed by atoms with Crippen molar-refractivity contribution in [2.45, 2.75) is 17.0 Å². The number of hydrogen-bond acceptors (Lipinski definition) is 7. The van der Waals surface area contributed by atoms with E-state index in [0.29, 0.717) is 10.9 Å². The molecule has 2 heterocycles. The van der Waals surface area contributed by atoms with Crippen LogP contribution >= 0.6 is 11.8 Å². The van der Waals surface area contributed by atoms with Crippen molar-refractivity contribution in [2.75, 3.05) is 6.26 Å². The van der Waals surface area contributed by atoms with E-state index in [1.54, 1.807) is 20.2 Å². The maximum Gasteiger partial charge on any atom is 0.276 e. The van der Waals surface area contributed by atoms with E-state index < -0.39 is 10.0 Å². The van der Waals surface area contributed by atoms with Gasteiger partial charge in [-0.05, 0) is 13.2 Å². The van der Waals surface area contributed by atoms with Crippen molar-refractivity contribution in [2.24, 2.45) is 12.2 Å².